The van der Waals surface area contributed by atoms with Crippen molar-refractivity contribution in [2.45, 2.75) is 6.61 Å². The maximum absolute atomic E-state index is 12.3. The molecular weight excluding hydrogens is 501 g/mol. The van der Waals surface area contributed by atoms with Crippen molar-refractivity contribution in [2.75, 3.05) is 0 Å². The van der Waals surface area contributed by atoms with Gasteiger partial charge in [-0.05, 0) is 59.0 Å². The van der Waals surface area contributed by atoms with Crippen molar-refractivity contribution >= 4 is 52.1 Å². The summed E-state index contributed by atoms with van der Waals surface area (Å²) in [6, 6.07) is 22.6. The lowest BCUT2D eigenvalue weighted by Crippen LogP contribution is -2.05. The Morgan fingerprint density at radius 1 is 1.03 bits per heavy atom. The second kappa shape index (κ2) is 8.80. The van der Waals surface area contributed by atoms with Gasteiger partial charge in [-0.2, -0.15) is 0 Å². The highest BCUT2D eigenvalue weighted by molar-refractivity contribution is 14.1. The van der Waals surface area contributed by atoms with Gasteiger partial charge in [0, 0.05) is 25.3 Å². The number of para-hydroxylation sites is 1. The van der Waals surface area contributed by atoms with Crippen LogP contribution in [0.5, 0.6) is 5.75 Å². The molecule has 0 unspecified atom stereocenters. The molecule has 144 valence electrons. The standard InChI is InChI=1S/C23H15ClINO3/c24-19-10-3-1-7-17(19)14-28-21-11-4-2-6-15(21)13-20-23(27)29-22(26-20)16-8-5-9-18(25)12-16/h1-13H,14H2/b20-13+. The zero-order chi connectivity index (χ0) is 20.2. The number of carbonyl (C=O) groups excluding carboxylic acids is 1. The highest BCUT2D eigenvalue weighted by Gasteiger charge is 2.24. The Bertz CT molecular complexity index is 1140. The van der Waals surface area contributed by atoms with Crippen molar-refractivity contribution in [1.82, 2.24) is 0 Å². The lowest BCUT2D eigenvalue weighted by molar-refractivity contribution is -0.129. The van der Waals surface area contributed by atoms with E-state index in [0.29, 0.717) is 23.3 Å². The molecule has 0 N–H and O–H groups in total. The molecule has 3 aromatic rings. The van der Waals surface area contributed by atoms with Crippen LogP contribution in [0.2, 0.25) is 5.02 Å². The number of carbonyl (C=O) groups is 1. The van der Waals surface area contributed by atoms with Crippen molar-refractivity contribution < 1.29 is 14.3 Å². The molecule has 0 amide bonds. The van der Waals surface area contributed by atoms with Gasteiger partial charge >= 0.3 is 5.97 Å². The molecule has 4 nitrogen and oxygen atoms in total. The molecule has 6 heteroatoms. The summed E-state index contributed by atoms with van der Waals surface area (Å²) in [4.78, 5) is 16.7. The number of cyclic esters (lactones) is 1. The van der Waals surface area contributed by atoms with E-state index < -0.39 is 5.97 Å². The maximum atomic E-state index is 12.3. The van der Waals surface area contributed by atoms with Crippen molar-refractivity contribution in [3.63, 3.8) is 0 Å². The van der Waals surface area contributed by atoms with Crippen LogP contribution in [0, 0.1) is 3.57 Å². The minimum absolute atomic E-state index is 0.229. The number of esters is 1. The van der Waals surface area contributed by atoms with E-state index in [9.17, 15) is 4.79 Å². The molecular formula is C23H15ClINO3. The lowest BCUT2D eigenvalue weighted by atomic mass is 10.1. The van der Waals surface area contributed by atoms with Gasteiger partial charge in [0.25, 0.3) is 0 Å². The molecule has 0 saturated carbocycles. The third kappa shape index (κ3) is 4.68. The molecule has 3 aromatic carbocycles. The topological polar surface area (TPSA) is 47.9 Å². The molecule has 4 rings (SSSR count). The molecule has 0 bridgehead atoms. The summed E-state index contributed by atoms with van der Waals surface area (Å²) in [5.74, 6) is 0.444. The van der Waals surface area contributed by atoms with Crippen molar-refractivity contribution in [3.8, 4) is 5.75 Å². The molecule has 0 spiro atoms. The molecule has 29 heavy (non-hydrogen) atoms. The predicted molar refractivity (Wildman–Crippen MR) is 122 cm³/mol. The van der Waals surface area contributed by atoms with E-state index in [1.165, 1.54) is 0 Å². The molecule has 1 aliphatic rings. The smallest absolute Gasteiger partial charge is 0.363 e. The molecule has 1 aliphatic heterocycles. The van der Waals surface area contributed by atoms with Gasteiger partial charge in [-0.25, -0.2) is 9.79 Å². The van der Waals surface area contributed by atoms with Crippen LogP contribution in [0.4, 0.5) is 0 Å². The summed E-state index contributed by atoms with van der Waals surface area (Å²) in [6.45, 7) is 0.321. The second-order valence-electron chi connectivity index (χ2n) is 6.26. The number of rotatable bonds is 5. The molecule has 1 heterocycles. The minimum atomic E-state index is -0.486. The van der Waals surface area contributed by atoms with Gasteiger partial charge in [0.1, 0.15) is 12.4 Å². The first-order chi connectivity index (χ1) is 14.1. The van der Waals surface area contributed by atoms with Crippen LogP contribution >= 0.6 is 34.2 Å². The van der Waals surface area contributed by atoms with Crippen molar-refractivity contribution in [1.29, 1.82) is 0 Å². The summed E-state index contributed by atoms with van der Waals surface area (Å²) >= 11 is 8.41. The van der Waals surface area contributed by atoms with Crippen LogP contribution < -0.4 is 4.74 Å². The van der Waals surface area contributed by atoms with Crippen LogP contribution in [0.3, 0.4) is 0 Å². The molecule has 0 aliphatic carbocycles. The third-order valence-electron chi connectivity index (χ3n) is 4.24. The van der Waals surface area contributed by atoms with E-state index in [1.807, 2.05) is 72.8 Å². The number of hydrogen-bond donors (Lipinski definition) is 0. The number of hydrogen-bond acceptors (Lipinski definition) is 4. The van der Waals surface area contributed by atoms with Gasteiger partial charge in [-0.1, -0.05) is 54.1 Å². The van der Waals surface area contributed by atoms with Crippen LogP contribution in [0.25, 0.3) is 6.08 Å². The fraction of sp³-hybridized carbons (Fsp3) is 0.0435. The van der Waals surface area contributed by atoms with E-state index in [4.69, 9.17) is 21.1 Å². The summed E-state index contributed by atoms with van der Waals surface area (Å²) in [5, 5.41) is 0.648. The SMILES string of the molecule is O=C1OC(c2cccc(I)c2)=N/C1=C/c1ccccc1OCc1ccccc1Cl. The summed E-state index contributed by atoms with van der Waals surface area (Å²) in [7, 11) is 0. The average molecular weight is 516 g/mol. The minimum Gasteiger partial charge on any atom is -0.488 e. The van der Waals surface area contributed by atoms with Gasteiger partial charge in [0.15, 0.2) is 5.70 Å². The Morgan fingerprint density at radius 2 is 1.83 bits per heavy atom. The summed E-state index contributed by atoms with van der Waals surface area (Å²) < 4.78 is 12.3. The number of halogens is 2. The molecule has 0 fully saturated rings. The number of aliphatic imine (C=N–C) groups is 1. The molecule has 0 aromatic heterocycles. The zero-order valence-corrected chi connectivity index (χ0v) is 18.1. The molecule has 0 atom stereocenters. The number of nitrogens with zero attached hydrogens (tertiary/aromatic N) is 1. The van der Waals surface area contributed by atoms with E-state index in [2.05, 4.69) is 27.6 Å². The average Bonchev–Trinajstić information content (AvgIpc) is 3.09. The summed E-state index contributed by atoms with van der Waals surface area (Å²) in [6.07, 6.45) is 1.67. The Labute approximate surface area is 187 Å². The van der Waals surface area contributed by atoms with Crippen LogP contribution in [0.1, 0.15) is 16.7 Å². The molecule has 0 saturated heterocycles. The third-order valence-corrected chi connectivity index (χ3v) is 5.28. The first kappa shape index (κ1) is 19.7. The van der Waals surface area contributed by atoms with Crippen molar-refractivity contribution in [3.05, 3.63) is 104 Å². The van der Waals surface area contributed by atoms with Gasteiger partial charge < -0.3 is 9.47 Å². The normalized spacial score (nSPS) is 14.6. The van der Waals surface area contributed by atoms with Gasteiger partial charge in [0.05, 0.1) is 0 Å². The fourth-order valence-electron chi connectivity index (χ4n) is 2.80. The summed E-state index contributed by atoms with van der Waals surface area (Å²) in [5.41, 5.74) is 2.61. The van der Waals surface area contributed by atoms with E-state index >= 15 is 0 Å². The van der Waals surface area contributed by atoms with E-state index in [1.54, 1.807) is 6.08 Å². The first-order valence-electron chi connectivity index (χ1n) is 8.84. The molecule has 0 radical (unpaired) electrons. The fourth-order valence-corrected chi connectivity index (χ4v) is 3.54. The monoisotopic (exact) mass is 515 g/mol. The lowest BCUT2D eigenvalue weighted by Gasteiger charge is -2.10. The van der Waals surface area contributed by atoms with E-state index in [0.717, 1.165) is 20.3 Å². The Balaban J connectivity index is 1.59. The van der Waals surface area contributed by atoms with Crippen LogP contribution in [-0.4, -0.2) is 11.9 Å². The van der Waals surface area contributed by atoms with Gasteiger partial charge in [0.2, 0.25) is 5.90 Å². The highest BCUT2D eigenvalue weighted by atomic mass is 127. The largest absolute Gasteiger partial charge is 0.488 e. The Hall–Kier alpha value is -2.64. The second-order valence-corrected chi connectivity index (χ2v) is 7.92. The quantitative estimate of drug-likeness (QED) is 0.243. The highest BCUT2D eigenvalue weighted by Crippen LogP contribution is 2.26. The number of ether oxygens (including phenoxy) is 2. The van der Waals surface area contributed by atoms with Gasteiger partial charge in [-0.3, -0.25) is 0 Å². The van der Waals surface area contributed by atoms with Crippen LogP contribution in [-0.2, 0) is 16.1 Å². The Kier molecular flexibility index (Phi) is 5.97. The van der Waals surface area contributed by atoms with E-state index in [-0.39, 0.29) is 5.70 Å². The first-order valence-corrected chi connectivity index (χ1v) is 10.3. The van der Waals surface area contributed by atoms with Crippen molar-refractivity contribution in [2.24, 2.45) is 4.99 Å². The van der Waals surface area contributed by atoms with Crippen LogP contribution in [0.15, 0.2) is 83.5 Å². The zero-order valence-electron chi connectivity index (χ0n) is 15.1. The Morgan fingerprint density at radius 3 is 2.66 bits per heavy atom. The predicted octanol–water partition coefficient (Wildman–Crippen LogP) is 5.87. The maximum Gasteiger partial charge on any atom is 0.363 e. The number of benzene rings is 3. The van der Waals surface area contributed by atoms with Gasteiger partial charge in [-0.15, -0.1) is 0 Å².